The van der Waals surface area contributed by atoms with E-state index in [1.54, 1.807) is 18.2 Å². The van der Waals surface area contributed by atoms with Gasteiger partial charge in [-0.2, -0.15) is 0 Å². The van der Waals surface area contributed by atoms with Crippen LogP contribution in [0.2, 0.25) is 0 Å². The fraction of sp³-hybridized carbons (Fsp3) is 0.261. The first-order chi connectivity index (χ1) is 14.8. The van der Waals surface area contributed by atoms with Crippen LogP contribution in [0.15, 0.2) is 40.4 Å². The maximum absolute atomic E-state index is 14.8. The van der Waals surface area contributed by atoms with Crippen molar-refractivity contribution in [3.05, 3.63) is 62.9 Å². The first kappa shape index (κ1) is 21.6. The molecule has 2 fully saturated rings. The van der Waals surface area contributed by atoms with E-state index in [0.717, 1.165) is 41.5 Å². The second-order valence-corrected chi connectivity index (χ2v) is 9.05. The Hall–Kier alpha value is -2.58. The van der Waals surface area contributed by atoms with Crippen molar-refractivity contribution < 1.29 is 14.0 Å². The Morgan fingerprint density at radius 3 is 2.45 bits per heavy atom. The van der Waals surface area contributed by atoms with Crippen LogP contribution in [0.25, 0.3) is 6.08 Å². The summed E-state index contributed by atoms with van der Waals surface area (Å²) in [7, 11) is 0. The minimum Gasteiger partial charge on any atom is -0.369 e. The average Bonchev–Trinajstić information content (AvgIpc) is 3.23. The lowest BCUT2D eigenvalue weighted by atomic mass is 10.0. The minimum atomic E-state index is -0.593. The third-order valence-electron chi connectivity index (χ3n) is 5.58. The van der Waals surface area contributed by atoms with E-state index in [-0.39, 0.29) is 16.5 Å². The zero-order valence-electron chi connectivity index (χ0n) is 17.2. The molecule has 5 nitrogen and oxygen atoms in total. The molecule has 2 aromatic rings. The molecule has 31 heavy (non-hydrogen) atoms. The summed E-state index contributed by atoms with van der Waals surface area (Å²) in [5.41, 5.74) is 3.14. The van der Waals surface area contributed by atoms with E-state index in [4.69, 9.17) is 12.2 Å². The lowest BCUT2D eigenvalue weighted by Gasteiger charge is -2.30. The second-order valence-electron chi connectivity index (χ2n) is 7.74. The van der Waals surface area contributed by atoms with E-state index in [9.17, 15) is 14.0 Å². The molecule has 0 unspecified atom stereocenters. The maximum Gasteiger partial charge on any atom is 0.270 e. The summed E-state index contributed by atoms with van der Waals surface area (Å²) < 4.78 is 15.7. The summed E-state index contributed by atoms with van der Waals surface area (Å²) in [6, 6.07) is 8.59. The number of carbonyl (C=O) groups excluding carboxylic acids is 2. The molecule has 0 aliphatic carbocycles. The molecular weight excluding hydrogens is 481 g/mol. The van der Waals surface area contributed by atoms with Crippen molar-refractivity contribution in [3.8, 4) is 0 Å². The van der Waals surface area contributed by atoms with Crippen LogP contribution in [0.1, 0.15) is 29.5 Å². The molecule has 2 aliphatic rings. The van der Waals surface area contributed by atoms with Crippen molar-refractivity contribution in [2.24, 2.45) is 0 Å². The van der Waals surface area contributed by atoms with Crippen LogP contribution in [0, 0.1) is 19.7 Å². The number of amides is 2. The summed E-state index contributed by atoms with van der Waals surface area (Å²) in [6.45, 7) is 5.36. The van der Waals surface area contributed by atoms with Crippen LogP contribution in [-0.2, 0) is 9.59 Å². The number of halogens is 2. The number of aryl methyl sites for hydroxylation is 2. The third kappa shape index (κ3) is 4.14. The Morgan fingerprint density at radius 2 is 1.77 bits per heavy atom. The number of rotatable bonds is 3. The summed E-state index contributed by atoms with van der Waals surface area (Å²) in [5.74, 6) is -1.49. The number of nitrogens with one attached hydrogen (secondary N) is 1. The van der Waals surface area contributed by atoms with Gasteiger partial charge in [0.2, 0.25) is 0 Å². The number of anilines is 2. The van der Waals surface area contributed by atoms with Crippen LogP contribution in [0.4, 0.5) is 15.8 Å². The fourth-order valence-electron chi connectivity index (χ4n) is 3.94. The first-order valence-corrected chi connectivity index (χ1v) is 11.2. The van der Waals surface area contributed by atoms with Crippen molar-refractivity contribution in [3.63, 3.8) is 0 Å². The Kier molecular flexibility index (Phi) is 5.94. The van der Waals surface area contributed by atoms with Crippen LogP contribution in [0.3, 0.4) is 0 Å². The standard InChI is InChI=1S/C23H21BrFN3O2S/c1-13-10-20(27-7-3-4-8-27)18(25)12-15(13)11-17-21(29)26-23(31)28(22(17)30)19-6-5-16(24)9-14(19)2/h5-6,9-12H,3-4,7-8H2,1-2H3,(H,26,29,31)/b17-11+. The van der Waals surface area contributed by atoms with E-state index in [0.29, 0.717) is 16.9 Å². The van der Waals surface area contributed by atoms with Crippen molar-refractivity contribution in [2.45, 2.75) is 26.7 Å². The average molecular weight is 502 g/mol. The summed E-state index contributed by atoms with van der Waals surface area (Å²) in [5, 5.41) is 2.59. The van der Waals surface area contributed by atoms with Gasteiger partial charge in [0.15, 0.2) is 5.11 Å². The molecule has 8 heteroatoms. The quantitative estimate of drug-likeness (QED) is 0.378. The highest BCUT2D eigenvalue weighted by Crippen LogP contribution is 2.30. The molecule has 2 aliphatic heterocycles. The highest BCUT2D eigenvalue weighted by molar-refractivity contribution is 9.10. The monoisotopic (exact) mass is 501 g/mol. The molecule has 0 spiro atoms. The number of thiocarbonyl (C=S) groups is 1. The molecule has 4 rings (SSSR count). The Morgan fingerprint density at radius 1 is 1.06 bits per heavy atom. The smallest absolute Gasteiger partial charge is 0.270 e. The minimum absolute atomic E-state index is 0.0184. The zero-order chi connectivity index (χ0) is 22.3. The van der Waals surface area contributed by atoms with Crippen molar-refractivity contribution in [1.29, 1.82) is 0 Å². The van der Waals surface area contributed by atoms with Gasteiger partial charge in [0, 0.05) is 17.6 Å². The van der Waals surface area contributed by atoms with Gasteiger partial charge in [-0.05, 0) is 92.0 Å². The molecule has 2 saturated heterocycles. The van der Waals surface area contributed by atoms with Crippen LogP contribution in [-0.4, -0.2) is 30.0 Å². The Labute approximate surface area is 194 Å². The molecule has 0 atom stereocenters. The van der Waals surface area contributed by atoms with E-state index < -0.39 is 11.8 Å². The van der Waals surface area contributed by atoms with Crippen LogP contribution in [0.5, 0.6) is 0 Å². The second kappa shape index (κ2) is 8.51. The van der Waals surface area contributed by atoms with Gasteiger partial charge >= 0.3 is 0 Å². The SMILES string of the molecule is Cc1cc(N2CCCC2)c(F)cc1/C=C1\C(=O)NC(=S)N(c2ccc(Br)cc2C)C1=O. The molecule has 1 N–H and O–H groups in total. The van der Waals surface area contributed by atoms with Gasteiger partial charge in [0.05, 0.1) is 11.4 Å². The van der Waals surface area contributed by atoms with E-state index in [2.05, 4.69) is 21.2 Å². The third-order valence-corrected chi connectivity index (χ3v) is 6.36. The van der Waals surface area contributed by atoms with E-state index >= 15 is 0 Å². The predicted molar refractivity (Wildman–Crippen MR) is 128 cm³/mol. The Balaban J connectivity index is 1.72. The van der Waals surface area contributed by atoms with E-state index in [1.807, 2.05) is 24.8 Å². The molecule has 0 bridgehead atoms. The van der Waals surface area contributed by atoms with Gasteiger partial charge in [-0.1, -0.05) is 15.9 Å². The zero-order valence-corrected chi connectivity index (χ0v) is 19.6. The summed E-state index contributed by atoms with van der Waals surface area (Å²) in [4.78, 5) is 29.2. The van der Waals surface area contributed by atoms with Gasteiger partial charge in [0.1, 0.15) is 11.4 Å². The molecule has 0 saturated carbocycles. The van der Waals surface area contributed by atoms with Crippen LogP contribution >= 0.6 is 28.1 Å². The molecular formula is C23H21BrFN3O2S. The summed E-state index contributed by atoms with van der Waals surface area (Å²) in [6.07, 6.45) is 3.53. The topological polar surface area (TPSA) is 52.7 Å². The van der Waals surface area contributed by atoms with E-state index in [1.165, 1.54) is 17.0 Å². The predicted octanol–water partition coefficient (Wildman–Crippen LogP) is 4.64. The van der Waals surface area contributed by atoms with Gasteiger partial charge in [-0.15, -0.1) is 0 Å². The normalized spacial score (nSPS) is 18.2. The van der Waals surface area contributed by atoms with Crippen molar-refractivity contribution >= 4 is 62.5 Å². The fourth-order valence-corrected chi connectivity index (χ4v) is 4.69. The number of carbonyl (C=O) groups is 2. The lowest BCUT2D eigenvalue weighted by Crippen LogP contribution is -2.54. The molecule has 0 aromatic heterocycles. The number of nitrogens with zero attached hydrogens (tertiary/aromatic N) is 2. The van der Waals surface area contributed by atoms with Gasteiger partial charge in [-0.3, -0.25) is 19.8 Å². The van der Waals surface area contributed by atoms with Gasteiger partial charge < -0.3 is 4.90 Å². The molecule has 2 aromatic carbocycles. The highest BCUT2D eigenvalue weighted by Gasteiger charge is 2.35. The van der Waals surface area contributed by atoms with Gasteiger partial charge in [0.25, 0.3) is 11.8 Å². The molecule has 2 heterocycles. The number of hydrogen-bond acceptors (Lipinski definition) is 4. The highest BCUT2D eigenvalue weighted by atomic mass is 79.9. The summed E-state index contributed by atoms with van der Waals surface area (Å²) >= 11 is 8.67. The first-order valence-electron chi connectivity index (χ1n) is 9.99. The van der Waals surface area contributed by atoms with Crippen molar-refractivity contribution in [1.82, 2.24) is 5.32 Å². The van der Waals surface area contributed by atoms with Gasteiger partial charge in [-0.25, -0.2) is 4.39 Å². The molecule has 2 amide bonds. The number of benzene rings is 2. The Bertz CT molecular complexity index is 1140. The van der Waals surface area contributed by atoms with Crippen molar-refractivity contribution in [2.75, 3.05) is 22.9 Å². The lowest BCUT2D eigenvalue weighted by molar-refractivity contribution is -0.122. The number of hydrogen-bond donors (Lipinski definition) is 1. The molecule has 0 radical (unpaired) electrons. The van der Waals surface area contributed by atoms with Crippen LogP contribution < -0.4 is 15.1 Å². The maximum atomic E-state index is 14.8. The molecule has 160 valence electrons. The largest absolute Gasteiger partial charge is 0.369 e.